The molecule has 0 aliphatic carbocycles. The van der Waals surface area contributed by atoms with Crippen molar-refractivity contribution in [2.45, 2.75) is 32.2 Å². The van der Waals surface area contributed by atoms with Crippen LogP contribution in [-0.4, -0.2) is 33.1 Å². The molecule has 1 saturated heterocycles. The third-order valence-electron chi connectivity index (χ3n) is 3.65. The van der Waals surface area contributed by atoms with Crippen LogP contribution in [0.4, 0.5) is 0 Å². The molecule has 19 heavy (non-hydrogen) atoms. The van der Waals surface area contributed by atoms with Crippen molar-refractivity contribution >= 4 is 0 Å². The Morgan fingerprint density at radius 2 is 2.00 bits per heavy atom. The normalized spacial score (nSPS) is 17.7. The number of hydrogen-bond donors (Lipinski definition) is 0. The minimum absolute atomic E-state index is 0.450. The Morgan fingerprint density at radius 1 is 1.26 bits per heavy atom. The van der Waals surface area contributed by atoms with Crippen molar-refractivity contribution in [3.63, 3.8) is 0 Å². The molecule has 0 unspecified atom stereocenters. The summed E-state index contributed by atoms with van der Waals surface area (Å²) in [6, 6.07) is 4.16. The van der Waals surface area contributed by atoms with E-state index in [-0.39, 0.29) is 0 Å². The number of nitrogens with zero attached hydrogens (tertiary/aromatic N) is 4. The lowest BCUT2D eigenvalue weighted by Gasteiger charge is -2.30. The van der Waals surface area contributed by atoms with Crippen LogP contribution in [-0.2, 0) is 6.54 Å². The Labute approximate surface area is 112 Å². The number of rotatable bonds is 3. The summed E-state index contributed by atoms with van der Waals surface area (Å²) in [7, 11) is 0. The molecule has 5 nitrogen and oxygen atoms in total. The number of hydrogen-bond acceptors (Lipinski definition) is 5. The Hall–Kier alpha value is -1.75. The zero-order valence-electron chi connectivity index (χ0n) is 11.1. The Bertz CT molecular complexity index is 517. The van der Waals surface area contributed by atoms with Gasteiger partial charge in [0.15, 0.2) is 5.82 Å². The Morgan fingerprint density at radius 3 is 2.63 bits per heavy atom. The topological polar surface area (TPSA) is 55.1 Å². The molecular formula is C14H18N4O. The van der Waals surface area contributed by atoms with E-state index in [2.05, 4.69) is 32.2 Å². The minimum Gasteiger partial charge on any atom is -0.340 e. The SMILES string of the molecule is Cc1nc(C2CCN(Cc3ccncc3)CC2)no1. The largest absolute Gasteiger partial charge is 0.340 e. The van der Waals surface area contributed by atoms with Crippen molar-refractivity contribution in [3.8, 4) is 0 Å². The van der Waals surface area contributed by atoms with Gasteiger partial charge in [-0.3, -0.25) is 9.88 Å². The quantitative estimate of drug-likeness (QED) is 0.844. The fourth-order valence-corrected chi connectivity index (χ4v) is 2.58. The van der Waals surface area contributed by atoms with E-state index in [1.54, 1.807) is 0 Å². The van der Waals surface area contributed by atoms with Crippen LogP contribution in [0.3, 0.4) is 0 Å². The zero-order chi connectivity index (χ0) is 13.1. The van der Waals surface area contributed by atoms with Gasteiger partial charge in [-0.2, -0.15) is 4.98 Å². The summed E-state index contributed by atoms with van der Waals surface area (Å²) in [5.41, 5.74) is 1.32. The first-order valence-corrected chi connectivity index (χ1v) is 6.73. The minimum atomic E-state index is 0.450. The zero-order valence-corrected chi connectivity index (χ0v) is 11.1. The molecule has 3 rings (SSSR count). The number of pyridine rings is 1. The first kappa shape index (κ1) is 12.3. The average molecular weight is 258 g/mol. The highest BCUT2D eigenvalue weighted by molar-refractivity contribution is 5.09. The Kier molecular flexibility index (Phi) is 3.55. The molecule has 2 aromatic heterocycles. The second-order valence-corrected chi connectivity index (χ2v) is 5.08. The van der Waals surface area contributed by atoms with Crippen LogP contribution in [0.1, 0.15) is 36.0 Å². The molecule has 1 aliphatic heterocycles. The molecule has 0 radical (unpaired) electrons. The van der Waals surface area contributed by atoms with E-state index in [9.17, 15) is 0 Å². The van der Waals surface area contributed by atoms with Gasteiger partial charge < -0.3 is 4.52 Å². The van der Waals surface area contributed by atoms with Crippen LogP contribution >= 0.6 is 0 Å². The van der Waals surface area contributed by atoms with E-state index in [0.29, 0.717) is 11.8 Å². The van der Waals surface area contributed by atoms with E-state index in [4.69, 9.17) is 4.52 Å². The van der Waals surface area contributed by atoms with Gasteiger partial charge >= 0.3 is 0 Å². The third kappa shape index (κ3) is 2.98. The molecule has 0 aromatic carbocycles. The third-order valence-corrected chi connectivity index (χ3v) is 3.65. The van der Waals surface area contributed by atoms with E-state index in [0.717, 1.165) is 38.3 Å². The van der Waals surface area contributed by atoms with Crippen molar-refractivity contribution in [1.82, 2.24) is 20.0 Å². The smallest absolute Gasteiger partial charge is 0.223 e. The molecule has 1 aliphatic rings. The van der Waals surface area contributed by atoms with Crippen LogP contribution in [0.15, 0.2) is 29.0 Å². The fourth-order valence-electron chi connectivity index (χ4n) is 2.58. The monoisotopic (exact) mass is 258 g/mol. The Balaban J connectivity index is 1.55. The molecule has 2 aromatic rings. The van der Waals surface area contributed by atoms with Crippen molar-refractivity contribution in [2.75, 3.05) is 13.1 Å². The van der Waals surface area contributed by atoms with E-state index >= 15 is 0 Å². The molecule has 0 atom stereocenters. The van der Waals surface area contributed by atoms with Crippen LogP contribution in [0.2, 0.25) is 0 Å². The predicted molar refractivity (Wildman–Crippen MR) is 70.5 cm³/mol. The number of aromatic nitrogens is 3. The molecule has 0 bridgehead atoms. The summed E-state index contributed by atoms with van der Waals surface area (Å²) >= 11 is 0. The number of piperidine rings is 1. The fraction of sp³-hybridized carbons (Fsp3) is 0.500. The molecule has 5 heteroatoms. The second kappa shape index (κ2) is 5.48. The van der Waals surface area contributed by atoms with Crippen molar-refractivity contribution in [1.29, 1.82) is 0 Å². The summed E-state index contributed by atoms with van der Waals surface area (Å²) < 4.78 is 5.06. The van der Waals surface area contributed by atoms with Crippen molar-refractivity contribution in [3.05, 3.63) is 41.8 Å². The summed E-state index contributed by atoms with van der Waals surface area (Å²) in [6.07, 6.45) is 5.91. The molecule has 1 fully saturated rings. The van der Waals surface area contributed by atoms with E-state index in [1.807, 2.05) is 19.3 Å². The first-order chi connectivity index (χ1) is 9.31. The summed E-state index contributed by atoms with van der Waals surface area (Å²) in [5, 5.41) is 4.04. The first-order valence-electron chi connectivity index (χ1n) is 6.73. The van der Waals surface area contributed by atoms with Gasteiger partial charge in [-0.05, 0) is 43.6 Å². The standard InChI is InChI=1S/C14H18N4O/c1-11-16-14(17-19-11)13-4-8-18(9-5-13)10-12-2-6-15-7-3-12/h2-3,6-7,13H,4-5,8-10H2,1H3. The van der Waals surface area contributed by atoms with Crippen LogP contribution < -0.4 is 0 Å². The highest BCUT2D eigenvalue weighted by Gasteiger charge is 2.24. The summed E-state index contributed by atoms with van der Waals surface area (Å²) in [5.74, 6) is 1.99. The molecule has 100 valence electrons. The highest BCUT2D eigenvalue weighted by Crippen LogP contribution is 2.26. The van der Waals surface area contributed by atoms with Crippen molar-refractivity contribution < 1.29 is 4.52 Å². The maximum Gasteiger partial charge on any atom is 0.223 e. The van der Waals surface area contributed by atoms with Crippen molar-refractivity contribution in [2.24, 2.45) is 0 Å². The van der Waals surface area contributed by atoms with Gasteiger partial charge in [0.1, 0.15) is 0 Å². The van der Waals surface area contributed by atoms with Gasteiger partial charge in [0.05, 0.1) is 0 Å². The summed E-state index contributed by atoms with van der Waals surface area (Å²) in [4.78, 5) is 10.9. The molecule has 3 heterocycles. The molecule has 0 spiro atoms. The lowest BCUT2D eigenvalue weighted by molar-refractivity contribution is 0.200. The molecular weight excluding hydrogens is 240 g/mol. The van der Waals surface area contributed by atoms with E-state index < -0.39 is 0 Å². The average Bonchev–Trinajstić information content (AvgIpc) is 2.87. The van der Waals surface area contributed by atoms with Gasteiger partial charge in [-0.25, -0.2) is 0 Å². The molecule has 0 saturated carbocycles. The number of likely N-dealkylation sites (tertiary alicyclic amines) is 1. The van der Waals surface area contributed by atoms with Gasteiger partial charge in [0, 0.05) is 31.8 Å². The van der Waals surface area contributed by atoms with Gasteiger partial charge in [-0.15, -0.1) is 0 Å². The van der Waals surface area contributed by atoms with Crippen LogP contribution in [0.5, 0.6) is 0 Å². The van der Waals surface area contributed by atoms with Crippen LogP contribution in [0.25, 0.3) is 0 Å². The van der Waals surface area contributed by atoms with Gasteiger partial charge in [-0.1, -0.05) is 5.16 Å². The van der Waals surface area contributed by atoms with E-state index in [1.165, 1.54) is 5.56 Å². The summed E-state index contributed by atoms with van der Waals surface area (Å²) in [6.45, 7) is 5.01. The van der Waals surface area contributed by atoms with Crippen LogP contribution in [0, 0.1) is 6.92 Å². The lowest BCUT2D eigenvalue weighted by atomic mass is 9.96. The van der Waals surface area contributed by atoms with Gasteiger partial charge in [0.25, 0.3) is 0 Å². The maximum absolute atomic E-state index is 5.06. The van der Waals surface area contributed by atoms with Gasteiger partial charge in [0.2, 0.25) is 5.89 Å². The lowest BCUT2D eigenvalue weighted by Crippen LogP contribution is -2.32. The maximum atomic E-state index is 5.06. The predicted octanol–water partition coefficient (Wildman–Crippen LogP) is 2.15. The molecule has 0 N–H and O–H groups in total. The highest BCUT2D eigenvalue weighted by atomic mass is 16.5. The molecule has 0 amide bonds. The second-order valence-electron chi connectivity index (χ2n) is 5.08. The number of aryl methyl sites for hydroxylation is 1.